The molecule has 0 saturated heterocycles. The van der Waals surface area contributed by atoms with E-state index in [0.717, 1.165) is 11.3 Å². The van der Waals surface area contributed by atoms with Crippen LogP contribution in [-0.4, -0.2) is 30.3 Å². The highest BCUT2D eigenvalue weighted by Crippen LogP contribution is 2.25. The third-order valence-corrected chi connectivity index (χ3v) is 3.38. The number of rotatable bonds is 6. The highest BCUT2D eigenvalue weighted by atomic mass is 16.5. The van der Waals surface area contributed by atoms with Gasteiger partial charge in [-0.15, -0.1) is 0 Å². The first-order chi connectivity index (χ1) is 8.69. The number of benzene rings is 1. The lowest BCUT2D eigenvalue weighted by molar-refractivity contribution is -0.143. The molecule has 0 radical (unpaired) electrons. The molecule has 0 saturated carbocycles. The average molecular weight is 265 g/mol. The van der Waals surface area contributed by atoms with E-state index in [0.29, 0.717) is 6.54 Å². The Bertz CT molecular complexity index is 435. The van der Waals surface area contributed by atoms with Crippen molar-refractivity contribution >= 4 is 5.97 Å². The molecule has 0 fully saturated rings. The zero-order valence-corrected chi connectivity index (χ0v) is 12.3. The minimum absolute atomic E-state index is 0.154. The van der Waals surface area contributed by atoms with Crippen LogP contribution in [0.15, 0.2) is 24.3 Å². The van der Waals surface area contributed by atoms with E-state index in [9.17, 15) is 4.79 Å². The molecule has 0 unspecified atom stereocenters. The highest BCUT2D eigenvalue weighted by Gasteiger charge is 2.30. The van der Waals surface area contributed by atoms with Gasteiger partial charge in [0.1, 0.15) is 11.3 Å². The topological polar surface area (TPSA) is 58.6 Å². The second-order valence-corrected chi connectivity index (χ2v) is 5.90. The maximum atomic E-state index is 11.1. The number of methoxy groups -OCH3 is 1. The summed E-state index contributed by atoms with van der Waals surface area (Å²) in [4.78, 5) is 11.1. The van der Waals surface area contributed by atoms with E-state index in [1.165, 1.54) is 0 Å². The van der Waals surface area contributed by atoms with Crippen LogP contribution in [0.2, 0.25) is 0 Å². The molecule has 0 atom stereocenters. The molecular formula is C15H23NO3. The maximum Gasteiger partial charge on any atom is 0.323 e. The SMILES string of the molecule is COc1ccc(C(C)(C)CNC(C)(C)C(=O)O)cc1. The van der Waals surface area contributed by atoms with Crippen molar-refractivity contribution in [3.63, 3.8) is 0 Å². The van der Waals surface area contributed by atoms with E-state index < -0.39 is 11.5 Å². The molecule has 19 heavy (non-hydrogen) atoms. The van der Waals surface area contributed by atoms with Gasteiger partial charge in [0.25, 0.3) is 0 Å². The number of hydrogen-bond acceptors (Lipinski definition) is 3. The van der Waals surface area contributed by atoms with Gasteiger partial charge in [-0.3, -0.25) is 4.79 Å². The van der Waals surface area contributed by atoms with Gasteiger partial charge in [0.15, 0.2) is 0 Å². The summed E-state index contributed by atoms with van der Waals surface area (Å²) in [6, 6.07) is 7.85. The molecule has 4 heteroatoms. The zero-order chi connectivity index (χ0) is 14.7. The highest BCUT2D eigenvalue weighted by molar-refractivity contribution is 5.77. The summed E-state index contributed by atoms with van der Waals surface area (Å²) in [5.74, 6) is -0.0311. The first-order valence-corrected chi connectivity index (χ1v) is 6.32. The van der Waals surface area contributed by atoms with Crippen molar-refractivity contribution in [2.75, 3.05) is 13.7 Å². The summed E-state index contributed by atoms with van der Waals surface area (Å²) in [6.07, 6.45) is 0. The zero-order valence-electron chi connectivity index (χ0n) is 12.3. The van der Waals surface area contributed by atoms with Gasteiger partial charge in [-0.05, 0) is 31.5 Å². The second-order valence-electron chi connectivity index (χ2n) is 5.90. The molecule has 1 rings (SSSR count). The molecule has 0 spiro atoms. The van der Waals surface area contributed by atoms with Gasteiger partial charge < -0.3 is 15.2 Å². The second kappa shape index (κ2) is 5.61. The predicted molar refractivity (Wildman–Crippen MR) is 75.7 cm³/mol. The lowest BCUT2D eigenvalue weighted by Crippen LogP contribution is -2.50. The van der Waals surface area contributed by atoms with Crippen LogP contribution in [0.4, 0.5) is 0 Å². The minimum Gasteiger partial charge on any atom is -0.497 e. The number of aliphatic carboxylic acids is 1. The monoisotopic (exact) mass is 265 g/mol. The van der Waals surface area contributed by atoms with Crippen LogP contribution in [0.3, 0.4) is 0 Å². The van der Waals surface area contributed by atoms with E-state index in [-0.39, 0.29) is 5.41 Å². The Balaban J connectivity index is 2.77. The summed E-state index contributed by atoms with van der Waals surface area (Å²) < 4.78 is 5.13. The molecule has 0 aromatic heterocycles. The first kappa shape index (κ1) is 15.5. The predicted octanol–water partition coefficient (Wildman–Crippen LogP) is 2.43. The van der Waals surface area contributed by atoms with Gasteiger partial charge in [0, 0.05) is 12.0 Å². The van der Waals surface area contributed by atoms with Crippen molar-refractivity contribution in [2.24, 2.45) is 0 Å². The molecule has 0 aliphatic rings. The Kier molecular flexibility index (Phi) is 4.58. The number of carboxylic acids is 1. The number of ether oxygens (including phenoxy) is 1. The van der Waals surface area contributed by atoms with E-state index in [1.807, 2.05) is 24.3 Å². The van der Waals surface area contributed by atoms with Crippen molar-refractivity contribution in [3.05, 3.63) is 29.8 Å². The Morgan fingerprint density at radius 1 is 1.21 bits per heavy atom. The third kappa shape index (κ3) is 3.96. The van der Waals surface area contributed by atoms with Crippen molar-refractivity contribution in [1.82, 2.24) is 5.32 Å². The lowest BCUT2D eigenvalue weighted by atomic mass is 9.84. The number of carboxylic acid groups (broad SMARTS) is 1. The number of nitrogens with one attached hydrogen (secondary N) is 1. The molecule has 4 nitrogen and oxygen atoms in total. The Hall–Kier alpha value is -1.55. The first-order valence-electron chi connectivity index (χ1n) is 6.32. The minimum atomic E-state index is -0.927. The fourth-order valence-corrected chi connectivity index (χ4v) is 1.66. The molecule has 0 amide bonds. The number of carbonyl (C=O) groups is 1. The van der Waals surface area contributed by atoms with Gasteiger partial charge in [-0.25, -0.2) is 0 Å². The molecule has 0 bridgehead atoms. The average Bonchev–Trinajstić information content (AvgIpc) is 2.36. The molecule has 1 aromatic rings. The van der Waals surface area contributed by atoms with E-state index >= 15 is 0 Å². The van der Waals surface area contributed by atoms with Crippen molar-refractivity contribution < 1.29 is 14.6 Å². The van der Waals surface area contributed by atoms with Gasteiger partial charge in [-0.2, -0.15) is 0 Å². The summed E-state index contributed by atoms with van der Waals surface area (Å²) >= 11 is 0. The quantitative estimate of drug-likeness (QED) is 0.829. The molecular weight excluding hydrogens is 242 g/mol. The van der Waals surface area contributed by atoms with E-state index in [1.54, 1.807) is 21.0 Å². The van der Waals surface area contributed by atoms with Crippen LogP contribution in [0.5, 0.6) is 5.75 Å². The normalized spacial score (nSPS) is 12.3. The van der Waals surface area contributed by atoms with Crippen LogP contribution in [0, 0.1) is 0 Å². The van der Waals surface area contributed by atoms with Crippen molar-refractivity contribution in [2.45, 2.75) is 38.6 Å². The summed E-state index contributed by atoms with van der Waals surface area (Å²) in [5, 5.41) is 12.2. The van der Waals surface area contributed by atoms with Crippen molar-refractivity contribution in [3.8, 4) is 5.75 Å². The Labute approximate surface area is 114 Å². The molecule has 0 heterocycles. The molecule has 0 aliphatic carbocycles. The van der Waals surface area contributed by atoms with Crippen LogP contribution < -0.4 is 10.1 Å². The van der Waals surface area contributed by atoms with E-state index in [2.05, 4.69) is 19.2 Å². The fraction of sp³-hybridized carbons (Fsp3) is 0.533. The van der Waals surface area contributed by atoms with Crippen LogP contribution >= 0.6 is 0 Å². The molecule has 106 valence electrons. The van der Waals surface area contributed by atoms with Gasteiger partial charge in [-0.1, -0.05) is 26.0 Å². The van der Waals surface area contributed by atoms with Crippen LogP contribution in [-0.2, 0) is 10.2 Å². The Morgan fingerprint density at radius 2 is 1.74 bits per heavy atom. The molecule has 1 aromatic carbocycles. The van der Waals surface area contributed by atoms with Gasteiger partial charge in [0.05, 0.1) is 7.11 Å². The summed E-state index contributed by atoms with van der Waals surface area (Å²) in [7, 11) is 1.64. The lowest BCUT2D eigenvalue weighted by Gasteiger charge is -2.30. The summed E-state index contributed by atoms with van der Waals surface area (Å²) in [6.45, 7) is 8.08. The third-order valence-electron chi connectivity index (χ3n) is 3.38. The van der Waals surface area contributed by atoms with Gasteiger partial charge in [0.2, 0.25) is 0 Å². The van der Waals surface area contributed by atoms with Gasteiger partial charge >= 0.3 is 5.97 Å². The molecule has 0 aliphatic heterocycles. The van der Waals surface area contributed by atoms with Crippen molar-refractivity contribution in [1.29, 1.82) is 0 Å². The van der Waals surface area contributed by atoms with E-state index in [4.69, 9.17) is 9.84 Å². The smallest absolute Gasteiger partial charge is 0.323 e. The standard InChI is InChI=1S/C15H23NO3/c1-14(2,10-16-15(3,4)13(17)18)11-6-8-12(19-5)9-7-11/h6-9,16H,10H2,1-5H3,(H,17,18). The largest absolute Gasteiger partial charge is 0.497 e. The summed E-state index contributed by atoms with van der Waals surface area (Å²) in [5.41, 5.74) is 0.0601. The van der Waals surface area contributed by atoms with Crippen LogP contribution in [0.1, 0.15) is 33.3 Å². The molecule has 2 N–H and O–H groups in total. The fourth-order valence-electron chi connectivity index (χ4n) is 1.66. The maximum absolute atomic E-state index is 11.1. The van der Waals surface area contributed by atoms with Crippen LogP contribution in [0.25, 0.3) is 0 Å². The Morgan fingerprint density at radius 3 is 2.16 bits per heavy atom. The number of hydrogen-bond donors (Lipinski definition) is 2.